The molecule has 0 bridgehead atoms. The molecule has 8 heteroatoms. The van der Waals surface area contributed by atoms with Crippen molar-refractivity contribution in [2.75, 3.05) is 18.0 Å². The predicted octanol–water partition coefficient (Wildman–Crippen LogP) is 4.71. The van der Waals surface area contributed by atoms with Crippen LogP contribution in [0.5, 0.6) is 5.19 Å². The molecule has 2 fully saturated rings. The lowest BCUT2D eigenvalue weighted by molar-refractivity contribution is -0.138. The molecular weight excluding hydrogens is 386 g/mol. The number of aromatic nitrogens is 1. The van der Waals surface area contributed by atoms with E-state index < -0.39 is 17.6 Å². The van der Waals surface area contributed by atoms with Crippen LogP contribution in [0.2, 0.25) is 0 Å². The minimum absolute atomic E-state index is 0.0429. The maximum absolute atomic E-state index is 14.7. The van der Waals surface area contributed by atoms with Gasteiger partial charge in [0.1, 0.15) is 23.4 Å². The van der Waals surface area contributed by atoms with Crippen LogP contribution in [0.3, 0.4) is 0 Å². The van der Waals surface area contributed by atoms with E-state index in [-0.39, 0.29) is 24.1 Å². The van der Waals surface area contributed by atoms with E-state index in [4.69, 9.17) is 9.84 Å². The van der Waals surface area contributed by atoms with E-state index in [9.17, 15) is 13.6 Å². The summed E-state index contributed by atoms with van der Waals surface area (Å²) in [4.78, 5) is 16.9. The Kier molecular flexibility index (Phi) is 5.48. The van der Waals surface area contributed by atoms with E-state index in [0.717, 1.165) is 19.3 Å². The highest BCUT2D eigenvalue weighted by molar-refractivity contribution is 7.11. The second-order valence-corrected chi connectivity index (χ2v) is 8.31. The quantitative estimate of drug-likeness (QED) is 0.750. The van der Waals surface area contributed by atoms with Crippen molar-refractivity contribution in [2.24, 2.45) is 5.92 Å². The molecular formula is C20H22F2N2O3S. The largest absolute Gasteiger partial charge is 0.481 e. The van der Waals surface area contributed by atoms with Gasteiger partial charge in [-0.2, -0.15) is 0 Å². The first-order valence-electron chi connectivity index (χ1n) is 9.58. The van der Waals surface area contributed by atoms with Crippen LogP contribution in [-0.2, 0) is 4.79 Å². The number of benzene rings is 1. The summed E-state index contributed by atoms with van der Waals surface area (Å²) in [6, 6.07) is 2.62. The second-order valence-electron chi connectivity index (χ2n) is 7.49. The Hall–Kier alpha value is -2.22. The van der Waals surface area contributed by atoms with Crippen molar-refractivity contribution < 1.29 is 23.4 Å². The molecule has 1 aliphatic heterocycles. The number of carboxylic acids is 1. The molecule has 1 aromatic carbocycles. The van der Waals surface area contributed by atoms with E-state index >= 15 is 0 Å². The number of halogens is 2. The molecule has 0 atom stereocenters. The first kappa shape index (κ1) is 19.1. The Balaban J connectivity index is 1.47. The zero-order chi connectivity index (χ0) is 19.7. The van der Waals surface area contributed by atoms with Crippen molar-refractivity contribution in [3.05, 3.63) is 29.1 Å². The monoisotopic (exact) mass is 408 g/mol. The zero-order valence-electron chi connectivity index (χ0n) is 15.4. The first-order chi connectivity index (χ1) is 13.5. The lowest BCUT2D eigenvalue weighted by Crippen LogP contribution is -2.35. The topological polar surface area (TPSA) is 62.7 Å². The maximum atomic E-state index is 14.7. The van der Waals surface area contributed by atoms with Crippen LogP contribution in [0.15, 0.2) is 17.5 Å². The molecule has 0 unspecified atom stereocenters. The molecule has 0 spiro atoms. The fourth-order valence-corrected chi connectivity index (χ4v) is 4.44. The standard InChI is InChI=1S/C20H22F2N2O3S/c21-15-9-13(17-11-28-20(23-17)27-14-2-1-3-14)10-16(22)19(15)24-6-4-12(5-7-24)8-18(25)26/h9-12,14H,1-8H2,(H,25,26). The molecule has 1 aromatic heterocycles. The first-order valence-corrected chi connectivity index (χ1v) is 10.5. The summed E-state index contributed by atoms with van der Waals surface area (Å²) in [6.45, 7) is 0.891. The molecule has 2 aliphatic rings. The van der Waals surface area contributed by atoms with Gasteiger partial charge in [0.2, 0.25) is 0 Å². The van der Waals surface area contributed by atoms with Crippen LogP contribution in [0.25, 0.3) is 11.3 Å². The number of hydrogen-bond acceptors (Lipinski definition) is 5. The van der Waals surface area contributed by atoms with Crippen LogP contribution >= 0.6 is 11.3 Å². The van der Waals surface area contributed by atoms with E-state index in [1.165, 1.54) is 23.5 Å². The third kappa shape index (κ3) is 4.11. The van der Waals surface area contributed by atoms with Gasteiger partial charge in [-0.15, -0.1) is 0 Å². The Morgan fingerprint density at radius 3 is 2.46 bits per heavy atom. The minimum atomic E-state index is -0.830. The number of piperidine rings is 1. The number of rotatable bonds is 6. The minimum Gasteiger partial charge on any atom is -0.481 e. The molecule has 2 aromatic rings. The van der Waals surface area contributed by atoms with Crippen molar-refractivity contribution in [3.63, 3.8) is 0 Å². The maximum Gasteiger partial charge on any atom is 0.303 e. The Labute approximate surface area is 166 Å². The molecule has 2 heterocycles. The summed E-state index contributed by atoms with van der Waals surface area (Å²) in [5, 5.41) is 11.2. The Morgan fingerprint density at radius 1 is 1.21 bits per heavy atom. The number of aliphatic carboxylic acids is 1. The normalized spacial score (nSPS) is 18.1. The number of carbonyl (C=O) groups is 1. The van der Waals surface area contributed by atoms with Crippen LogP contribution in [0.1, 0.15) is 38.5 Å². The summed E-state index contributed by atoms with van der Waals surface area (Å²) < 4.78 is 35.2. The number of carboxylic acid groups (broad SMARTS) is 1. The Morgan fingerprint density at radius 2 is 1.89 bits per heavy atom. The van der Waals surface area contributed by atoms with Crippen molar-refractivity contribution in [1.82, 2.24) is 4.98 Å². The highest BCUT2D eigenvalue weighted by atomic mass is 32.1. The number of anilines is 1. The van der Waals surface area contributed by atoms with E-state index in [1.807, 2.05) is 0 Å². The second kappa shape index (κ2) is 8.03. The summed E-state index contributed by atoms with van der Waals surface area (Å²) in [7, 11) is 0. The molecule has 0 radical (unpaired) electrons. The average molecular weight is 408 g/mol. The van der Waals surface area contributed by atoms with Gasteiger partial charge >= 0.3 is 5.97 Å². The summed E-state index contributed by atoms with van der Waals surface area (Å²) in [5.41, 5.74) is 0.849. The molecule has 1 saturated carbocycles. The van der Waals surface area contributed by atoms with Crippen molar-refractivity contribution in [1.29, 1.82) is 0 Å². The van der Waals surface area contributed by atoms with Gasteiger partial charge in [-0.25, -0.2) is 13.8 Å². The van der Waals surface area contributed by atoms with Gasteiger partial charge < -0.3 is 14.7 Å². The molecule has 0 amide bonds. The van der Waals surface area contributed by atoms with E-state index in [2.05, 4.69) is 4.98 Å². The summed E-state index contributed by atoms with van der Waals surface area (Å²) in [5.74, 6) is -2.02. The van der Waals surface area contributed by atoms with Gasteiger partial charge in [-0.1, -0.05) is 11.3 Å². The fourth-order valence-electron chi connectivity index (χ4n) is 3.70. The average Bonchev–Trinajstić information content (AvgIpc) is 3.07. The van der Waals surface area contributed by atoms with Crippen LogP contribution in [-0.4, -0.2) is 35.3 Å². The van der Waals surface area contributed by atoms with Crippen molar-refractivity contribution >= 4 is 23.0 Å². The smallest absolute Gasteiger partial charge is 0.303 e. The molecule has 28 heavy (non-hydrogen) atoms. The van der Waals surface area contributed by atoms with Gasteiger partial charge in [0, 0.05) is 30.5 Å². The van der Waals surface area contributed by atoms with Crippen molar-refractivity contribution in [3.8, 4) is 16.5 Å². The molecule has 5 nitrogen and oxygen atoms in total. The molecule has 1 saturated heterocycles. The third-order valence-corrected chi connectivity index (χ3v) is 6.24. The van der Waals surface area contributed by atoms with Gasteiger partial charge in [-0.05, 0) is 50.2 Å². The Bertz CT molecular complexity index is 838. The van der Waals surface area contributed by atoms with Gasteiger partial charge in [0.15, 0.2) is 0 Å². The lowest BCUT2D eigenvalue weighted by Gasteiger charge is -2.33. The number of nitrogens with zero attached hydrogens (tertiary/aromatic N) is 2. The van der Waals surface area contributed by atoms with Crippen LogP contribution < -0.4 is 9.64 Å². The summed E-state index contributed by atoms with van der Waals surface area (Å²) >= 11 is 1.33. The van der Waals surface area contributed by atoms with Gasteiger partial charge in [0.25, 0.3) is 5.19 Å². The summed E-state index contributed by atoms with van der Waals surface area (Å²) in [6.07, 6.45) is 4.74. The number of hydrogen-bond donors (Lipinski definition) is 1. The molecule has 4 rings (SSSR count). The highest BCUT2D eigenvalue weighted by Gasteiger charge is 2.26. The van der Waals surface area contributed by atoms with Crippen molar-refractivity contribution in [2.45, 2.75) is 44.6 Å². The molecule has 1 N–H and O–H groups in total. The molecule has 150 valence electrons. The molecule has 1 aliphatic carbocycles. The predicted molar refractivity (Wildman–Crippen MR) is 103 cm³/mol. The number of ether oxygens (including phenoxy) is 1. The SMILES string of the molecule is O=C(O)CC1CCN(c2c(F)cc(-c3csc(OC4CCC4)n3)cc2F)CC1. The zero-order valence-corrected chi connectivity index (χ0v) is 16.2. The third-order valence-electron chi connectivity index (χ3n) is 5.51. The van der Waals surface area contributed by atoms with Crippen LogP contribution in [0.4, 0.5) is 14.5 Å². The van der Waals surface area contributed by atoms with E-state index in [1.54, 1.807) is 10.3 Å². The fraction of sp³-hybridized carbons (Fsp3) is 0.500. The number of thiazole rings is 1. The van der Waals surface area contributed by atoms with Gasteiger partial charge in [0.05, 0.1) is 5.69 Å². The van der Waals surface area contributed by atoms with Gasteiger partial charge in [-0.3, -0.25) is 4.79 Å². The highest BCUT2D eigenvalue weighted by Crippen LogP contribution is 2.35. The lowest BCUT2D eigenvalue weighted by atomic mass is 9.93. The van der Waals surface area contributed by atoms with E-state index in [0.29, 0.717) is 42.4 Å². The van der Waals surface area contributed by atoms with Crippen LogP contribution in [0, 0.1) is 17.6 Å².